The summed E-state index contributed by atoms with van der Waals surface area (Å²) in [7, 11) is 0. The van der Waals surface area contributed by atoms with Gasteiger partial charge < -0.3 is 18.6 Å². The monoisotopic (exact) mass is 794 g/mol. The first kappa shape index (κ1) is 36.3. The number of furan rings is 2. The van der Waals surface area contributed by atoms with Gasteiger partial charge in [0.05, 0.1) is 23.3 Å². The Morgan fingerprint density at radius 3 is 0.968 bits per heavy atom. The van der Waals surface area contributed by atoms with E-state index in [0.29, 0.717) is 33.5 Å². The van der Waals surface area contributed by atoms with Crippen molar-refractivity contribution in [1.82, 2.24) is 0 Å². The molecule has 0 aliphatic heterocycles. The molecule has 0 aliphatic rings. The fraction of sp³-hybridized carbons (Fsp3) is 0. The van der Waals surface area contributed by atoms with E-state index in [1.807, 2.05) is 121 Å². The predicted octanol–water partition coefficient (Wildman–Crippen LogP) is 15.5. The zero-order valence-electron chi connectivity index (χ0n) is 33.2. The van der Waals surface area contributed by atoms with Crippen LogP contribution in [-0.4, -0.2) is 0 Å². The van der Waals surface area contributed by atoms with E-state index >= 15 is 0 Å². The molecule has 9 aromatic carbocycles. The average molecular weight is 795 g/mol. The lowest BCUT2D eigenvalue weighted by Crippen LogP contribution is -2.09. The molecule has 0 bridgehead atoms. The zero-order valence-corrected chi connectivity index (χ0v) is 33.2. The standard InChI is InChI=1S/C56H34N4O2/c57-35-37-21-25-39(26-22-37)51-53-47-31-29-45(59(41-13-5-1-6-14-41)42-15-7-2-8-16-42)33-49(47)61-55(53)52(40-27-23-38(36-58)24-28-40)54-48-32-30-46(34-50(48)62-56(51)54)60(43-17-9-3-10-18-43)44-19-11-4-12-20-44/h1-34H. The molecule has 290 valence electrons. The lowest BCUT2D eigenvalue weighted by Gasteiger charge is -2.25. The molecule has 0 unspecified atom stereocenters. The minimum Gasteiger partial charge on any atom is -0.455 e. The van der Waals surface area contributed by atoms with E-state index in [2.05, 4.69) is 107 Å². The third kappa shape index (κ3) is 6.11. The molecule has 0 amide bonds. The Morgan fingerprint density at radius 2 is 0.661 bits per heavy atom. The third-order valence-corrected chi connectivity index (χ3v) is 11.5. The van der Waals surface area contributed by atoms with Gasteiger partial charge in [-0.2, -0.15) is 10.5 Å². The van der Waals surface area contributed by atoms with Gasteiger partial charge in [-0.1, -0.05) is 97.1 Å². The topological polar surface area (TPSA) is 80.3 Å². The van der Waals surface area contributed by atoms with Crippen LogP contribution in [0.3, 0.4) is 0 Å². The van der Waals surface area contributed by atoms with Crippen LogP contribution in [0.5, 0.6) is 0 Å². The predicted molar refractivity (Wildman–Crippen MR) is 251 cm³/mol. The highest BCUT2D eigenvalue weighted by Crippen LogP contribution is 2.52. The van der Waals surface area contributed by atoms with Gasteiger partial charge in [0.2, 0.25) is 0 Å². The summed E-state index contributed by atoms with van der Waals surface area (Å²) in [6.07, 6.45) is 0. The Hall–Kier alpha value is -8.84. The van der Waals surface area contributed by atoms with Gasteiger partial charge in [0.1, 0.15) is 22.3 Å². The summed E-state index contributed by atoms with van der Waals surface area (Å²) in [5.41, 5.74) is 13.4. The molecule has 6 heteroatoms. The van der Waals surface area contributed by atoms with E-state index in [9.17, 15) is 10.5 Å². The van der Waals surface area contributed by atoms with Crippen LogP contribution in [0.25, 0.3) is 66.1 Å². The molecule has 0 N–H and O–H groups in total. The highest BCUT2D eigenvalue weighted by Gasteiger charge is 2.28. The van der Waals surface area contributed by atoms with Crippen molar-refractivity contribution < 1.29 is 8.83 Å². The minimum absolute atomic E-state index is 0.565. The van der Waals surface area contributed by atoms with Crippen LogP contribution in [0.2, 0.25) is 0 Å². The molecule has 0 atom stereocenters. The molecule has 0 aliphatic carbocycles. The van der Waals surface area contributed by atoms with Gasteiger partial charge in [0, 0.05) is 78.9 Å². The minimum atomic E-state index is 0.565. The number of para-hydroxylation sites is 4. The van der Waals surface area contributed by atoms with Crippen LogP contribution in [-0.2, 0) is 0 Å². The third-order valence-electron chi connectivity index (χ3n) is 11.5. The second-order valence-corrected chi connectivity index (χ2v) is 15.1. The summed E-state index contributed by atoms with van der Waals surface area (Å²) in [5, 5.41) is 23.2. The number of fused-ring (bicyclic) bond motifs is 6. The maximum atomic E-state index is 9.81. The quantitative estimate of drug-likeness (QED) is 0.152. The molecule has 2 aromatic heterocycles. The van der Waals surface area contributed by atoms with Crippen LogP contribution in [0.1, 0.15) is 11.1 Å². The van der Waals surface area contributed by atoms with Crippen molar-refractivity contribution in [3.8, 4) is 34.4 Å². The molecule has 11 rings (SSSR count). The first-order chi connectivity index (χ1) is 30.7. The molecule has 11 aromatic rings. The Balaban J connectivity index is 1.23. The van der Waals surface area contributed by atoms with Crippen molar-refractivity contribution in [2.75, 3.05) is 9.80 Å². The van der Waals surface area contributed by atoms with Gasteiger partial charge in [-0.25, -0.2) is 0 Å². The van der Waals surface area contributed by atoms with Crippen LogP contribution in [0, 0.1) is 22.7 Å². The van der Waals surface area contributed by atoms with Gasteiger partial charge in [0.15, 0.2) is 0 Å². The fourth-order valence-electron chi connectivity index (χ4n) is 8.70. The van der Waals surface area contributed by atoms with Crippen LogP contribution in [0.4, 0.5) is 34.1 Å². The molecule has 0 saturated heterocycles. The summed E-state index contributed by atoms with van der Waals surface area (Å²) in [5.74, 6) is 0. The first-order valence-electron chi connectivity index (χ1n) is 20.4. The Morgan fingerprint density at radius 1 is 0.339 bits per heavy atom. The number of hydrogen-bond donors (Lipinski definition) is 0. The maximum absolute atomic E-state index is 9.81. The van der Waals surface area contributed by atoms with Gasteiger partial charge in [-0.05, 0) is 108 Å². The van der Waals surface area contributed by atoms with Crippen molar-refractivity contribution in [3.63, 3.8) is 0 Å². The lowest BCUT2D eigenvalue weighted by atomic mass is 9.90. The normalized spacial score (nSPS) is 11.2. The van der Waals surface area contributed by atoms with Crippen molar-refractivity contribution in [3.05, 3.63) is 217 Å². The number of nitriles is 2. The summed E-state index contributed by atoms with van der Waals surface area (Å²) in [6, 6.07) is 73.9. The van der Waals surface area contributed by atoms with E-state index in [-0.39, 0.29) is 0 Å². The Labute approximate surface area is 357 Å². The second kappa shape index (κ2) is 15.1. The lowest BCUT2D eigenvalue weighted by molar-refractivity contribution is 0.665. The molecule has 6 nitrogen and oxygen atoms in total. The van der Waals surface area contributed by atoms with E-state index in [0.717, 1.165) is 77.9 Å². The molecule has 0 spiro atoms. The van der Waals surface area contributed by atoms with Gasteiger partial charge in [-0.3, -0.25) is 0 Å². The number of anilines is 6. The average Bonchev–Trinajstić information content (AvgIpc) is 3.90. The Kier molecular flexibility index (Phi) is 8.82. The summed E-state index contributed by atoms with van der Waals surface area (Å²) in [6.45, 7) is 0. The molecular weight excluding hydrogens is 761 g/mol. The number of hydrogen-bond acceptors (Lipinski definition) is 6. The summed E-state index contributed by atoms with van der Waals surface area (Å²) >= 11 is 0. The highest BCUT2D eigenvalue weighted by atomic mass is 16.3. The zero-order chi connectivity index (χ0) is 41.6. The second-order valence-electron chi connectivity index (χ2n) is 15.1. The van der Waals surface area contributed by atoms with Crippen molar-refractivity contribution >= 4 is 78.0 Å². The number of rotatable bonds is 8. The smallest absolute Gasteiger partial charge is 0.144 e. The maximum Gasteiger partial charge on any atom is 0.144 e. The molecule has 0 fully saturated rings. The van der Waals surface area contributed by atoms with Crippen molar-refractivity contribution in [2.45, 2.75) is 0 Å². The van der Waals surface area contributed by atoms with E-state index < -0.39 is 0 Å². The van der Waals surface area contributed by atoms with E-state index in [4.69, 9.17) is 8.83 Å². The van der Waals surface area contributed by atoms with Gasteiger partial charge >= 0.3 is 0 Å². The Bertz CT molecular complexity index is 3190. The van der Waals surface area contributed by atoms with E-state index in [1.165, 1.54) is 0 Å². The van der Waals surface area contributed by atoms with Gasteiger partial charge in [-0.15, -0.1) is 0 Å². The van der Waals surface area contributed by atoms with Gasteiger partial charge in [0.25, 0.3) is 0 Å². The molecule has 2 heterocycles. The first-order valence-corrected chi connectivity index (χ1v) is 20.4. The van der Waals surface area contributed by atoms with Crippen LogP contribution < -0.4 is 9.80 Å². The molecule has 0 radical (unpaired) electrons. The largest absolute Gasteiger partial charge is 0.455 e. The van der Waals surface area contributed by atoms with Crippen LogP contribution in [0.15, 0.2) is 215 Å². The van der Waals surface area contributed by atoms with Crippen LogP contribution >= 0.6 is 0 Å². The summed E-state index contributed by atoms with van der Waals surface area (Å²) in [4.78, 5) is 4.45. The SMILES string of the molecule is N#Cc1ccc(-c2c3oc4cc(N(c5ccccc5)c5ccccc5)ccc4c3c(-c3ccc(C#N)cc3)c3oc4cc(N(c5ccccc5)c5ccccc5)ccc4c23)cc1. The van der Waals surface area contributed by atoms with Crippen molar-refractivity contribution in [1.29, 1.82) is 10.5 Å². The number of nitrogens with zero attached hydrogens (tertiary/aromatic N) is 4. The molecule has 62 heavy (non-hydrogen) atoms. The molecule has 0 saturated carbocycles. The van der Waals surface area contributed by atoms with E-state index in [1.54, 1.807) is 0 Å². The summed E-state index contributed by atoms with van der Waals surface area (Å²) < 4.78 is 14.3. The number of benzene rings is 9. The highest BCUT2D eigenvalue weighted by molar-refractivity contribution is 6.30. The van der Waals surface area contributed by atoms with Crippen molar-refractivity contribution in [2.24, 2.45) is 0 Å². The fourth-order valence-corrected chi connectivity index (χ4v) is 8.70. The molecular formula is C56H34N4O2.